The molecule has 1 unspecified atom stereocenters. The Morgan fingerprint density at radius 2 is 1.77 bits per heavy atom. The van der Waals surface area contributed by atoms with Crippen molar-refractivity contribution in [3.63, 3.8) is 0 Å². The third-order valence-electron chi connectivity index (χ3n) is 4.54. The molecule has 0 saturated carbocycles. The molecule has 1 saturated heterocycles. The minimum atomic E-state index is -0.919. The van der Waals surface area contributed by atoms with Gasteiger partial charge in [0, 0.05) is 26.2 Å². The van der Waals surface area contributed by atoms with Gasteiger partial charge in [-0.2, -0.15) is 0 Å². The number of para-hydroxylation sites is 1. The molecule has 1 fully saturated rings. The normalized spacial score (nSPS) is 15.7. The lowest BCUT2D eigenvalue weighted by Crippen LogP contribution is -2.52. The van der Waals surface area contributed by atoms with Crippen molar-refractivity contribution in [2.45, 2.75) is 13.0 Å². The molecule has 1 aliphatic rings. The molecule has 1 N–H and O–H groups in total. The van der Waals surface area contributed by atoms with Gasteiger partial charge in [0.15, 0.2) is 11.6 Å². The lowest BCUT2D eigenvalue weighted by molar-refractivity contribution is 0.191. The number of rotatable bonds is 3. The van der Waals surface area contributed by atoms with E-state index in [1.807, 2.05) is 24.3 Å². The van der Waals surface area contributed by atoms with Crippen LogP contribution in [-0.2, 0) is 0 Å². The molecule has 138 valence electrons. The van der Waals surface area contributed by atoms with Gasteiger partial charge < -0.3 is 15.1 Å². The molecule has 4 nitrogen and oxygen atoms in total. The number of piperazine rings is 1. The van der Waals surface area contributed by atoms with Crippen LogP contribution in [0.5, 0.6) is 0 Å². The molecule has 0 bridgehead atoms. The number of hydrogen-bond donors (Lipinski definition) is 1. The van der Waals surface area contributed by atoms with Crippen LogP contribution in [0.2, 0.25) is 5.02 Å². The van der Waals surface area contributed by atoms with E-state index in [2.05, 4.69) is 10.2 Å². The van der Waals surface area contributed by atoms with Crippen molar-refractivity contribution in [3.05, 3.63) is 64.7 Å². The Morgan fingerprint density at radius 3 is 2.42 bits per heavy atom. The Bertz CT molecular complexity index is 794. The van der Waals surface area contributed by atoms with Gasteiger partial charge in [-0.1, -0.05) is 29.8 Å². The van der Waals surface area contributed by atoms with Gasteiger partial charge in [0.1, 0.15) is 0 Å². The zero-order chi connectivity index (χ0) is 18.7. The minimum Gasteiger partial charge on any atom is -0.367 e. The second kappa shape index (κ2) is 7.91. The van der Waals surface area contributed by atoms with Gasteiger partial charge in [0.25, 0.3) is 0 Å². The van der Waals surface area contributed by atoms with Gasteiger partial charge >= 0.3 is 6.03 Å². The summed E-state index contributed by atoms with van der Waals surface area (Å²) in [6.07, 6.45) is 0. The second-order valence-electron chi connectivity index (χ2n) is 6.27. The first-order chi connectivity index (χ1) is 12.5. The lowest BCUT2D eigenvalue weighted by atomic mass is 10.1. The van der Waals surface area contributed by atoms with Gasteiger partial charge in [-0.25, -0.2) is 13.6 Å². The predicted octanol–water partition coefficient (Wildman–Crippen LogP) is 4.21. The van der Waals surface area contributed by atoms with E-state index in [0.717, 1.165) is 17.8 Å². The monoisotopic (exact) mass is 379 g/mol. The van der Waals surface area contributed by atoms with E-state index in [1.165, 1.54) is 6.07 Å². The van der Waals surface area contributed by atoms with Crippen LogP contribution in [-0.4, -0.2) is 37.1 Å². The Kier molecular flexibility index (Phi) is 5.61. The predicted molar refractivity (Wildman–Crippen MR) is 98.5 cm³/mol. The van der Waals surface area contributed by atoms with Crippen LogP contribution in [0, 0.1) is 11.6 Å². The Morgan fingerprint density at radius 1 is 1.08 bits per heavy atom. The SMILES string of the molecule is CC(NC(=O)N1CCN(c2ccccc2Cl)CC1)c1ccc(F)c(F)c1. The number of halogens is 3. The minimum absolute atomic E-state index is 0.221. The molecule has 1 atom stereocenters. The highest BCUT2D eigenvalue weighted by Crippen LogP contribution is 2.26. The molecule has 0 aliphatic carbocycles. The molecule has 0 spiro atoms. The fraction of sp³-hybridized carbons (Fsp3) is 0.316. The zero-order valence-corrected chi connectivity index (χ0v) is 15.1. The first-order valence-electron chi connectivity index (χ1n) is 8.45. The maximum atomic E-state index is 13.4. The number of benzene rings is 2. The molecule has 0 radical (unpaired) electrons. The van der Waals surface area contributed by atoms with E-state index in [-0.39, 0.29) is 6.03 Å². The molecule has 26 heavy (non-hydrogen) atoms. The van der Waals surface area contributed by atoms with Crippen molar-refractivity contribution in [2.24, 2.45) is 0 Å². The molecule has 1 aliphatic heterocycles. The maximum Gasteiger partial charge on any atom is 0.317 e. The summed E-state index contributed by atoms with van der Waals surface area (Å²) in [6.45, 7) is 4.21. The Labute approximate surface area is 156 Å². The summed E-state index contributed by atoms with van der Waals surface area (Å²) in [5.41, 5.74) is 1.48. The van der Waals surface area contributed by atoms with Crippen LogP contribution >= 0.6 is 11.6 Å². The highest BCUT2D eigenvalue weighted by Gasteiger charge is 2.23. The molecule has 7 heteroatoms. The van der Waals surface area contributed by atoms with E-state index < -0.39 is 17.7 Å². The third kappa shape index (κ3) is 4.07. The summed E-state index contributed by atoms with van der Waals surface area (Å²) in [6, 6.07) is 10.6. The van der Waals surface area contributed by atoms with Gasteiger partial charge in [-0.05, 0) is 36.8 Å². The van der Waals surface area contributed by atoms with Crippen LogP contribution < -0.4 is 10.2 Å². The first-order valence-corrected chi connectivity index (χ1v) is 8.83. The number of urea groups is 1. The standard InChI is InChI=1S/C19H20ClF2N3O/c1-13(14-6-7-16(21)17(22)12-14)23-19(26)25-10-8-24(9-11-25)18-5-3-2-4-15(18)20/h2-7,12-13H,8-11H2,1H3,(H,23,26). The average molecular weight is 380 g/mol. The summed E-state index contributed by atoms with van der Waals surface area (Å²) in [5.74, 6) is -1.82. The van der Waals surface area contributed by atoms with Crippen molar-refractivity contribution in [1.29, 1.82) is 0 Å². The van der Waals surface area contributed by atoms with E-state index in [0.29, 0.717) is 36.8 Å². The van der Waals surface area contributed by atoms with Crippen LogP contribution in [0.3, 0.4) is 0 Å². The number of nitrogens with zero attached hydrogens (tertiary/aromatic N) is 2. The summed E-state index contributed by atoms with van der Waals surface area (Å²) < 4.78 is 26.4. The van der Waals surface area contributed by atoms with Crippen molar-refractivity contribution in [1.82, 2.24) is 10.2 Å². The number of carbonyl (C=O) groups is 1. The van der Waals surface area contributed by atoms with Crippen LogP contribution in [0.1, 0.15) is 18.5 Å². The maximum absolute atomic E-state index is 13.4. The van der Waals surface area contributed by atoms with Crippen LogP contribution in [0.15, 0.2) is 42.5 Å². The third-order valence-corrected chi connectivity index (χ3v) is 4.86. The van der Waals surface area contributed by atoms with E-state index >= 15 is 0 Å². The number of anilines is 1. The van der Waals surface area contributed by atoms with E-state index in [4.69, 9.17) is 11.6 Å². The summed E-state index contributed by atoms with van der Waals surface area (Å²) in [4.78, 5) is 16.3. The van der Waals surface area contributed by atoms with E-state index in [9.17, 15) is 13.6 Å². The Balaban J connectivity index is 1.56. The summed E-state index contributed by atoms with van der Waals surface area (Å²) in [5, 5.41) is 3.52. The van der Waals surface area contributed by atoms with Crippen molar-refractivity contribution < 1.29 is 13.6 Å². The smallest absolute Gasteiger partial charge is 0.317 e. The average Bonchev–Trinajstić information content (AvgIpc) is 2.64. The highest BCUT2D eigenvalue weighted by atomic mass is 35.5. The molecule has 0 aromatic heterocycles. The molecule has 2 aromatic carbocycles. The fourth-order valence-corrected chi connectivity index (χ4v) is 3.26. The number of carbonyl (C=O) groups excluding carboxylic acids is 1. The van der Waals surface area contributed by atoms with Gasteiger partial charge in [0.2, 0.25) is 0 Å². The second-order valence-corrected chi connectivity index (χ2v) is 6.68. The molecular formula is C19H20ClF2N3O. The number of hydrogen-bond acceptors (Lipinski definition) is 2. The topological polar surface area (TPSA) is 35.6 Å². The molecule has 1 heterocycles. The van der Waals surface area contributed by atoms with Gasteiger partial charge in [-0.15, -0.1) is 0 Å². The quantitative estimate of drug-likeness (QED) is 0.867. The zero-order valence-electron chi connectivity index (χ0n) is 14.4. The van der Waals surface area contributed by atoms with Crippen molar-refractivity contribution in [3.8, 4) is 0 Å². The van der Waals surface area contributed by atoms with Gasteiger partial charge in [-0.3, -0.25) is 0 Å². The van der Waals surface area contributed by atoms with Crippen molar-refractivity contribution in [2.75, 3.05) is 31.1 Å². The number of amides is 2. The lowest BCUT2D eigenvalue weighted by Gasteiger charge is -2.37. The van der Waals surface area contributed by atoms with E-state index in [1.54, 1.807) is 11.8 Å². The Hall–Kier alpha value is -2.34. The molecule has 3 rings (SSSR count). The molecular weight excluding hydrogens is 360 g/mol. The van der Waals surface area contributed by atoms with Crippen molar-refractivity contribution >= 4 is 23.3 Å². The molecule has 2 amide bonds. The van der Waals surface area contributed by atoms with Crippen LogP contribution in [0.25, 0.3) is 0 Å². The first kappa shape index (κ1) is 18.5. The summed E-state index contributed by atoms with van der Waals surface area (Å²) in [7, 11) is 0. The van der Waals surface area contributed by atoms with Gasteiger partial charge in [0.05, 0.1) is 16.8 Å². The fourth-order valence-electron chi connectivity index (χ4n) is 3.00. The molecule has 2 aromatic rings. The highest BCUT2D eigenvalue weighted by molar-refractivity contribution is 6.33. The largest absolute Gasteiger partial charge is 0.367 e. The summed E-state index contributed by atoms with van der Waals surface area (Å²) >= 11 is 6.23. The van der Waals surface area contributed by atoms with Crippen LogP contribution in [0.4, 0.5) is 19.3 Å². The number of nitrogens with one attached hydrogen (secondary N) is 1.